The smallest absolute Gasteiger partial charge is 0.427 e. The second-order valence-corrected chi connectivity index (χ2v) is 5.75. The molecule has 0 bridgehead atoms. The molecule has 0 unspecified atom stereocenters. The average Bonchev–Trinajstić information content (AvgIpc) is 2.64. The Morgan fingerprint density at radius 1 is 1.15 bits per heavy atom. The molecule has 3 rings (SSSR count). The number of ether oxygens (including phenoxy) is 1. The van der Waals surface area contributed by atoms with Gasteiger partial charge in [-0.15, -0.1) is 0 Å². The van der Waals surface area contributed by atoms with E-state index < -0.39 is 17.7 Å². The van der Waals surface area contributed by atoms with Crippen LogP contribution in [0.1, 0.15) is 11.1 Å². The summed E-state index contributed by atoms with van der Waals surface area (Å²) >= 11 is 0. The lowest BCUT2D eigenvalue weighted by Gasteiger charge is -2.37. The molecule has 0 saturated heterocycles. The molecule has 1 heterocycles. The number of carbonyl (C=O) groups is 1. The molecule has 0 radical (unpaired) electrons. The Hall–Kier alpha value is -3.40. The first kappa shape index (κ1) is 18.4. The Morgan fingerprint density at radius 2 is 1.89 bits per heavy atom. The van der Waals surface area contributed by atoms with E-state index in [-0.39, 0.29) is 17.0 Å². The third-order valence-corrected chi connectivity index (χ3v) is 4.02. The number of allylic oxidation sites excluding steroid dienone is 1. The van der Waals surface area contributed by atoms with Crippen molar-refractivity contribution in [3.8, 4) is 17.6 Å². The highest BCUT2D eigenvalue weighted by Crippen LogP contribution is 2.44. The summed E-state index contributed by atoms with van der Waals surface area (Å²) < 4.78 is 47.1. The number of nitrogens with one attached hydrogen (secondary N) is 2. The maximum atomic E-state index is 14.0. The number of urea groups is 1. The summed E-state index contributed by atoms with van der Waals surface area (Å²) in [7, 11) is 1.35. The van der Waals surface area contributed by atoms with Gasteiger partial charge in [0.15, 0.2) is 0 Å². The Morgan fingerprint density at radius 3 is 2.56 bits per heavy atom. The first-order valence-corrected chi connectivity index (χ1v) is 7.94. The number of carbonyl (C=O) groups excluding carboxylic acids is 1. The Balaban J connectivity index is 2.09. The van der Waals surface area contributed by atoms with E-state index in [2.05, 4.69) is 17.2 Å². The fourth-order valence-corrected chi connectivity index (χ4v) is 2.71. The van der Waals surface area contributed by atoms with Crippen LogP contribution in [-0.2, 0) is 5.54 Å². The normalized spacial score (nSPS) is 18.7. The highest BCUT2D eigenvalue weighted by atomic mass is 19.4. The minimum Gasteiger partial charge on any atom is -0.497 e. The van der Waals surface area contributed by atoms with Crippen LogP contribution in [0.15, 0.2) is 54.6 Å². The number of hydrogen-bond donors (Lipinski definition) is 2. The zero-order valence-electron chi connectivity index (χ0n) is 14.2. The molecule has 0 spiro atoms. The molecule has 2 aromatic rings. The molecule has 1 aliphatic heterocycles. The summed E-state index contributed by atoms with van der Waals surface area (Å²) in [6.07, 6.45) is -1.94. The van der Waals surface area contributed by atoms with Gasteiger partial charge in [-0.05, 0) is 35.9 Å². The van der Waals surface area contributed by atoms with Gasteiger partial charge in [0, 0.05) is 11.3 Å². The number of fused-ring (bicyclic) bond motifs is 1. The van der Waals surface area contributed by atoms with Crippen LogP contribution < -0.4 is 15.4 Å². The molecule has 7 heteroatoms. The number of methoxy groups -OCH3 is 1. The predicted octanol–water partition coefficient (Wildman–Crippen LogP) is 4.30. The molecule has 0 aliphatic carbocycles. The second kappa shape index (κ2) is 7.08. The van der Waals surface area contributed by atoms with E-state index >= 15 is 0 Å². The Kier molecular flexibility index (Phi) is 4.82. The average molecular weight is 372 g/mol. The van der Waals surface area contributed by atoms with Crippen molar-refractivity contribution in [2.75, 3.05) is 12.4 Å². The summed E-state index contributed by atoms with van der Waals surface area (Å²) in [6, 6.07) is 12.1. The lowest BCUT2D eigenvalue weighted by molar-refractivity contribution is -0.178. The maximum Gasteiger partial charge on any atom is 0.427 e. The number of anilines is 1. The van der Waals surface area contributed by atoms with Crippen molar-refractivity contribution in [1.29, 1.82) is 0 Å². The molecule has 4 nitrogen and oxygen atoms in total. The predicted molar refractivity (Wildman–Crippen MR) is 96.1 cm³/mol. The van der Waals surface area contributed by atoms with Crippen LogP contribution in [0.3, 0.4) is 0 Å². The first-order valence-electron chi connectivity index (χ1n) is 7.94. The van der Waals surface area contributed by atoms with Gasteiger partial charge in [0.05, 0.1) is 7.11 Å². The van der Waals surface area contributed by atoms with Crippen molar-refractivity contribution in [3.05, 3.63) is 65.7 Å². The number of hydrogen-bond acceptors (Lipinski definition) is 2. The van der Waals surface area contributed by atoms with Crippen LogP contribution in [-0.4, -0.2) is 19.3 Å². The SMILES string of the molecule is COc1ccc2c(c1)[C@@](C#C/C=C/c1ccccc1)(C(F)(F)F)NC(=O)N2. The van der Waals surface area contributed by atoms with Gasteiger partial charge in [-0.1, -0.05) is 42.2 Å². The van der Waals surface area contributed by atoms with Crippen molar-refractivity contribution in [2.24, 2.45) is 0 Å². The molecular weight excluding hydrogens is 357 g/mol. The van der Waals surface area contributed by atoms with Crippen molar-refractivity contribution in [1.82, 2.24) is 5.32 Å². The van der Waals surface area contributed by atoms with Gasteiger partial charge >= 0.3 is 12.2 Å². The molecule has 138 valence electrons. The maximum absolute atomic E-state index is 14.0. The van der Waals surface area contributed by atoms with Crippen molar-refractivity contribution < 1.29 is 22.7 Å². The van der Waals surface area contributed by atoms with Gasteiger partial charge in [0.1, 0.15) is 5.75 Å². The molecule has 27 heavy (non-hydrogen) atoms. The number of alkyl halides is 3. The molecule has 1 atom stereocenters. The fourth-order valence-electron chi connectivity index (χ4n) is 2.71. The van der Waals surface area contributed by atoms with Crippen LogP contribution in [0, 0.1) is 11.8 Å². The van der Waals surface area contributed by atoms with Crippen molar-refractivity contribution in [3.63, 3.8) is 0 Å². The van der Waals surface area contributed by atoms with E-state index in [1.54, 1.807) is 30.3 Å². The Bertz CT molecular complexity index is 943. The van der Waals surface area contributed by atoms with Gasteiger partial charge in [-0.3, -0.25) is 0 Å². The third-order valence-electron chi connectivity index (χ3n) is 4.02. The summed E-state index contributed by atoms with van der Waals surface area (Å²) in [4.78, 5) is 11.9. The molecule has 0 fully saturated rings. The van der Waals surface area contributed by atoms with E-state index in [4.69, 9.17) is 4.74 Å². The number of amides is 2. The molecule has 2 amide bonds. The fraction of sp³-hybridized carbons (Fsp3) is 0.150. The van der Waals surface area contributed by atoms with Crippen molar-refractivity contribution in [2.45, 2.75) is 11.7 Å². The van der Waals surface area contributed by atoms with E-state index in [0.29, 0.717) is 0 Å². The molecule has 0 saturated carbocycles. The largest absolute Gasteiger partial charge is 0.497 e. The number of benzene rings is 2. The quantitative estimate of drug-likeness (QED) is 0.772. The number of rotatable bonds is 2. The first-order chi connectivity index (χ1) is 12.9. The second-order valence-electron chi connectivity index (χ2n) is 5.75. The van der Waals surface area contributed by atoms with Crippen LogP contribution in [0.2, 0.25) is 0 Å². The van der Waals surface area contributed by atoms with E-state index in [1.165, 1.54) is 31.4 Å². The van der Waals surface area contributed by atoms with E-state index in [0.717, 1.165) is 5.56 Å². The van der Waals surface area contributed by atoms with Crippen LogP contribution in [0.25, 0.3) is 6.08 Å². The lowest BCUT2D eigenvalue weighted by Crippen LogP contribution is -2.59. The molecular formula is C20H15F3N2O2. The van der Waals surface area contributed by atoms with Gasteiger partial charge in [0.2, 0.25) is 5.54 Å². The van der Waals surface area contributed by atoms with Gasteiger partial charge in [-0.2, -0.15) is 13.2 Å². The highest BCUT2D eigenvalue weighted by Gasteiger charge is 2.59. The van der Waals surface area contributed by atoms with Crippen LogP contribution >= 0.6 is 0 Å². The summed E-state index contributed by atoms with van der Waals surface area (Å²) in [5.74, 6) is 4.83. The van der Waals surface area contributed by atoms with Gasteiger partial charge in [0.25, 0.3) is 0 Å². The molecule has 2 N–H and O–H groups in total. The topological polar surface area (TPSA) is 50.4 Å². The monoisotopic (exact) mass is 372 g/mol. The number of halogens is 3. The van der Waals surface area contributed by atoms with Crippen LogP contribution in [0.5, 0.6) is 5.75 Å². The molecule has 1 aliphatic rings. The van der Waals surface area contributed by atoms with E-state index in [1.807, 2.05) is 11.4 Å². The minimum atomic E-state index is -4.85. The zero-order chi connectivity index (χ0) is 19.5. The zero-order valence-corrected chi connectivity index (χ0v) is 14.2. The van der Waals surface area contributed by atoms with Gasteiger partial charge < -0.3 is 15.4 Å². The van der Waals surface area contributed by atoms with Crippen LogP contribution in [0.4, 0.5) is 23.7 Å². The third kappa shape index (κ3) is 3.60. The summed E-state index contributed by atoms with van der Waals surface area (Å²) in [5.41, 5.74) is -2.25. The Labute approximate surface area is 154 Å². The van der Waals surface area contributed by atoms with E-state index in [9.17, 15) is 18.0 Å². The van der Waals surface area contributed by atoms with Crippen molar-refractivity contribution >= 4 is 17.8 Å². The molecule has 2 aromatic carbocycles. The standard InChI is InChI=1S/C20H15F3N2O2/c1-27-15-10-11-17-16(13-15)19(20(21,22)23,25-18(26)24-17)12-6-5-9-14-7-3-2-4-8-14/h2-5,7-11,13H,1H3,(H2,24,25,26)/b9-5+/t19-/m0/s1. The summed E-state index contributed by atoms with van der Waals surface area (Å²) in [6.45, 7) is 0. The van der Waals surface area contributed by atoms with Gasteiger partial charge in [-0.25, -0.2) is 4.79 Å². The highest BCUT2D eigenvalue weighted by molar-refractivity contribution is 5.95. The minimum absolute atomic E-state index is 0.0261. The summed E-state index contributed by atoms with van der Waals surface area (Å²) in [5, 5.41) is 4.30. The lowest BCUT2D eigenvalue weighted by atomic mass is 9.86. The molecule has 0 aromatic heterocycles.